The Balaban J connectivity index is 1.78. The van der Waals surface area contributed by atoms with Crippen molar-refractivity contribution >= 4 is 11.6 Å². The Morgan fingerprint density at radius 2 is 2.22 bits per heavy atom. The zero-order valence-electron chi connectivity index (χ0n) is 13.7. The van der Waals surface area contributed by atoms with Crippen molar-refractivity contribution in [3.8, 4) is 5.69 Å². The predicted octanol–water partition coefficient (Wildman–Crippen LogP) is 3.65. The maximum Gasteiger partial charge on any atom is 0.0663 e. The number of benzene rings is 1. The number of hydrogen-bond acceptors (Lipinski definition) is 3. The molecule has 5 heteroatoms. The molecule has 0 radical (unpaired) electrons. The zero-order valence-corrected chi connectivity index (χ0v) is 14.4. The van der Waals surface area contributed by atoms with E-state index >= 15 is 0 Å². The predicted molar refractivity (Wildman–Crippen MR) is 93.1 cm³/mol. The van der Waals surface area contributed by atoms with Gasteiger partial charge in [-0.15, -0.1) is 0 Å². The van der Waals surface area contributed by atoms with Crippen LogP contribution >= 0.6 is 11.6 Å². The Bertz CT molecular complexity index is 666. The molecule has 0 spiro atoms. The highest BCUT2D eigenvalue weighted by molar-refractivity contribution is 6.30. The third-order valence-corrected chi connectivity index (χ3v) is 4.90. The van der Waals surface area contributed by atoms with E-state index in [0.29, 0.717) is 17.0 Å². The van der Waals surface area contributed by atoms with Crippen LogP contribution in [0.4, 0.5) is 0 Å². The minimum absolute atomic E-state index is 0.208. The van der Waals surface area contributed by atoms with Crippen molar-refractivity contribution in [3.05, 3.63) is 46.7 Å². The van der Waals surface area contributed by atoms with E-state index in [0.717, 1.165) is 17.8 Å². The molecule has 1 fully saturated rings. The summed E-state index contributed by atoms with van der Waals surface area (Å²) < 4.78 is 1.93. The normalized spacial score (nSPS) is 17.2. The monoisotopic (exact) mass is 333 g/mol. The molecule has 0 aliphatic heterocycles. The van der Waals surface area contributed by atoms with Gasteiger partial charge in [0.2, 0.25) is 0 Å². The van der Waals surface area contributed by atoms with Gasteiger partial charge in [0.25, 0.3) is 0 Å². The summed E-state index contributed by atoms with van der Waals surface area (Å²) >= 11 is 6.08. The van der Waals surface area contributed by atoms with Crippen LogP contribution in [0.2, 0.25) is 5.02 Å². The molecule has 1 aliphatic rings. The molecule has 1 heterocycles. The van der Waals surface area contributed by atoms with E-state index in [1.54, 1.807) is 0 Å². The van der Waals surface area contributed by atoms with Gasteiger partial charge in [-0.3, -0.25) is 0 Å². The summed E-state index contributed by atoms with van der Waals surface area (Å²) in [5.74, 6) is 0.716. The largest absolute Gasteiger partial charge is 0.396 e. The van der Waals surface area contributed by atoms with Gasteiger partial charge in [0, 0.05) is 35.0 Å². The number of aromatic nitrogens is 2. The molecule has 0 amide bonds. The van der Waals surface area contributed by atoms with Gasteiger partial charge >= 0.3 is 0 Å². The van der Waals surface area contributed by atoms with E-state index in [-0.39, 0.29) is 12.6 Å². The summed E-state index contributed by atoms with van der Waals surface area (Å²) in [6.07, 6.45) is 5.28. The lowest BCUT2D eigenvalue weighted by Crippen LogP contribution is -2.34. The van der Waals surface area contributed by atoms with E-state index in [2.05, 4.69) is 24.3 Å². The van der Waals surface area contributed by atoms with Crippen LogP contribution in [0.3, 0.4) is 0 Å². The molecule has 4 nitrogen and oxygen atoms in total. The molecule has 124 valence electrons. The first kappa shape index (κ1) is 16.5. The number of nitrogens with zero attached hydrogens (tertiary/aromatic N) is 2. The Morgan fingerprint density at radius 1 is 1.43 bits per heavy atom. The van der Waals surface area contributed by atoms with E-state index in [4.69, 9.17) is 11.6 Å². The molecule has 1 aromatic carbocycles. The number of rotatable bonds is 7. The van der Waals surface area contributed by atoms with Gasteiger partial charge in [-0.05, 0) is 57.2 Å². The lowest BCUT2D eigenvalue weighted by atomic mass is 10.0. The third-order valence-electron chi connectivity index (χ3n) is 4.66. The van der Waals surface area contributed by atoms with Crippen molar-refractivity contribution in [3.63, 3.8) is 0 Å². The van der Waals surface area contributed by atoms with Crippen molar-refractivity contribution in [1.82, 2.24) is 15.1 Å². The summed E-state index contributed by atoms with van der Waals surface area (Å²) in [7, 11) is 0. The molecule has 23 heavy (non-hydrogen) atoms. The fourth-order valence-corrected chi connectivity index (χ4v) is 3.40. The third kappa shape index (κ3) is 3.77. The maximum absolute atomic E-state index is 9.26. The lowest BCUT2D eigenvalue weighted by molar-refractivity contribution is 0.250. The SMILES string of the molecule is Cc1c(C(C)NC(CCO)C2CC2)cnn1-c1cccc(Cl)c1. The van der Waals surface area contributed by atoms with Crippen LogP contribution in [-0.2, 0) is 0 Å². The first-order chi connectivity index (χ1) is 11.1. The average Bonchev–Trinajstić information content (AvgIpc) is 3.29. The lowest BCUT2D eigenvalue weighted by Gasteiger charge is -2.22. The number of hydrogen-bond donors (Lipinski definition) is 2. The van der Waals surface area contributed by atoms with Crippen molar-refractivity contribution in [2.45, 2.75) is 45.2 Å². The van der Waals surface area contributed by atoms with Gasteiger partial charge in [0.15, 0.2) is 0 Å². The first-order valence-electron chi connectivity index (χ1n) is 8.27. The van der Waals surface area contributed by atoms with Crippen LogP contribution in [0.1, 0.15) is 43.5 Å². The molecular formula is C18H24ClN3O. The fourth-order valence-electron chi connectivity index (χ4n) is 3.22. The van der Waals surface area contributed by atoms with Crippen LogP contribution in [-0.4, -0.2) is 27.5 Å². The minimum atomic E-state index is 0.208. The fraction of sp³-hybridized carbons (Fsp3) is 0.500. The second-order valence-electron chi connectivity index (χ2n) is 6.42. The van der Waals surface area contributed by atoms with E-state index < -0.39 is 0 Å². The Kier molecular flexibility index (Phi) is 5.05. The molecule has 0 saturated heterocycles. The molecule has 1 aliphatic carbocycles. The van der Waals surface area contributed by atoms with Crippen molar-refractivity contribution in [2.75, 3.05) is 6.61 Å². The van der Waals surface area contributed by atoms with Gasteiger partial charge in [-0.2, -0.15) is 5.10 Å². The zero-order chi connectivity index (χ0) is 16.4. The van der Waals surface area contributed by atoms with E-state index in [9.17, 15) is 5.11 Å². The Hall–Kier alpha value is -1.36. The highest BCUT2D eigenvalue weighted by atomic mass is 35.5. The first-order valence-corrected chi connectivity index (χ1v) is 8.65. The summed E-state index contributed by atoms with van der Waals surface area (Å²) in [5.41, 5.74) is 3.28. The molecule has 2 atom stereocenters. The van der Waals surface area contributed by atoms with Crippen LogP contribution in [0, 0.1) is 12.8 Å². The molecular weight excluding hydrogens is 310 g/mol. The van der Waals surface area contributed by atoms with Gasteiger partial charge in [-0.25, -0.2) is 4.68 Å². The van der Waals surface area contributed by atoms with Gasteiger partial charge in [-0.1, -0.05) is 17.7 Å². The number of nitrogens with one attached hydrogen (secondary N) is 1. The molecule has 1 aromatic heterocycles. The van der Waals surface area contributed by atoms with E-state index in [1.807, 2.05) is 35.1 Å². The van der Waals surface area contributed by atoms with Crippen LogP contribution in [0.5, 0.6) is 0 Å². The summed E-state index contributed by atoms with van der Waals surface area (Å²) in [5, 5.41) is 18.2. The Labute approximate surface area is 142 Å². The summed E-state index contributed by atoms with van der Waals surface area (Å²) in [6, 6.07) is 8.33. The van der Waals surface area contributed by atoms with Gasteiger partial charge < -0.3 is 10.4 Å². The number of halogens is 1. The molecule has 1 saturated carbocycles. The van der Waals surface area contributed by atoms with Crippen LogP contribution in [0.15, 0.2) is 30.5 Å². The standard InChI is InChI=1S/C18H24ClN3O/c1-12(21-18(8-9-23)14-6-7-14)17-11-20-22(13(17)2)16-5-3-4-15(19)10-16/h3-5,10-12,14,18,21,23H,6-9H2,1-2H3. The molecule has 2 aromatic rings. The summed E-state index contributed by atoms with van der Waals surface area (Å²) in [6.45, 7) is 4.49. The maximum atomic E-state index is 9.26. The molecule has 0 bridgehead atoms. The molecule has 3 rings (SSSR count). The van der Waals surface area contributed by atoms with Crippen molar-refractivity contribution < 1.29 is 5.11 Å². The quantitative estimate of drug-likeness (QED) is 0.813. The van der Waals surface area contributed by atoms with E-state index in [1.165, 1.54) is 18.4 Å². The topological polar surface area (TPSA) is 50.1 Å². The van der Waals surface area contributed by atoms with Crippen LogP contribution in [0.25, 0.3) is 5.69 Å². The number of aliphatic hydroxyl groups excluding tert-OH is 1. The minimum Gasteiger partial charge on any atom is -0.396 e. The molecule has 2 unspecified atom stereocenters. The highest BCUT2D eigenvalue weighted by Crippen LogP contribution is 2.35. The molecule has 2 N–H and O–H groups in total. The number of aliphatic hydroxyl groups is 1. The van der Waals surface area contributed by atoms with Crippen LogP contribution < -0.4 is 5.32 Å². The smallest absolute Gasteiger partial charge is 0.0663 e. The average molecular weight is 334 g/mol. The van der Waals surface area contributed by atoms with Crippen molar-refractivity contribution in [2.24, 2.45) is 5.92 Å². The van der Waals surface area contributed by atoms with Gasteiger partial charge in [0.05, 0.1) is 11.9 Å². The Morgan fingerprint density at radius 3 is 2.87 bits per heavy atom. The second-order valence-corrected chi connectivity index (χ2v) is 6.86. The van der Waals surface area contributed by atoms with Gasteiger partial charge in [0.1, 0.15) is 0 Å². The summed E-state index contributed by atoms with van der Waals surface area (Å²) in [4.78, 5) is 0. The van der Waals surface area contributed by atoms with Crippen molar-refractivity contribution in [1.29, 1.82) is 0 Å². The second kappa shape index (κ2) is 7.04. The highest BCUT2D eigenvalue weighted by Gasteiger charge is 2.32.